The van der Waals surface area contributed by atoms with Crippen LogP contribution in [0.25, 0.3) is 11.3 Å². The summed E-state index contributed by atoms with van der Waals surface area (Å²) in [7, 11) is 0. The first-order valence-corrected chi connectivity index (χ1v) is 10.3. The molecule has 1 heterocycles. The third-order valence-electron chi connectivity index (χ3n) is 4.33. The first-order chi connectivity index (χ1) is 14.4. The quantitative estimate of drug-likeness (QED) is 0.297. The third kappa shape index (κ3) is 5.53. The van der Waals surface area contributed by atoms with Crippen molar-refractivity contribution < 1.29 is 4.74 Å². The van der Waals surface area contributed by atoms with Gasteiger partial charge in [0.25, 0.3) is 0 Å². The van der Waals surface area contributed by atoms with Gasteiger partial charge in [-0.2, -0.15) is 5.10 Å². The van der Waals surface area contributed by atoms with Crippen molar-refractivity contribution in [3.05, 3.63) is 101 Å². The molecule has 4 nitrogen and oxygen atoms in total. The number of nitrogens with one attached hydrogen (secondary N) is 1. The minimum absolute atomic E-state index is 0.660. The Hall–Kier alpha value is -3.44. The highest BCUT2D eigenvalue weighted by molar-refractivity contribution is 7.14. The molecule has 0 fully saturated rings. The monoisotopic (exact) mass is 399 g/mol. The maximum atomic E-state index is 5.82. The van der Waals surface area contributed by atoms with E-state index in [1.807, 2.05) is 78.2 Å². The smallest absolute Gasteiger partial charge is 0.203 e. The Morgan fingerprint density at radius 1 is 0.897 bits per heavy atom. The lowest BCUT2D eigenvalue weighted by atomic mass is 10.2. The molecule has 29 heavy (non-hydrogen) atoms. The van der Waals surface area contributed by atoms with E-state index in [1.165, 1.54) is 16.9 Å². The second-order valence-corrected chi connectivity index (χ2v) is 7.29. The summed E-state index contributed by atoms with van der Waals surface area (Å²) in [4.78, 5) is 4.56. The molecule has 4 rings (SSSR count). The first-order valence-electron chi connectivity index (χ1n) is 9.44. The highest BCUT2D eigenvalue weighted by atomic mass is 32.1. The van der Waals surface area contributed by atoms with E-state index in [2.05, 4.69) is 27.6 Å². The van der Waals surface area contributed by atoms with E-state index >= 15 is 0 Å². The molecule has 0 amide bonds. The van der Waals surface area contributed by atoms with Gasteiger partial charge >= 0.3 is 0 Å². The van der Waals surface area contributed by atoms with Gasteiger partial charge in [0.15, 0.2) is 0 Å². The summed E-state index contributed by atoms with van der Waals surface area (Å²) >= 11 is 1.53. The molecular formula is C24H21N3OS. The molecule has 0 aliphatic heterocycles. The minimum Gasteiger partial charge on any atom is -0.493 e. The van der Waals surface area contributed by atoms with Crippen molar-refractivity contribution in [2.24, 2.45) is 5.10 Å². The van der Waals surface area contributed by atoms with Crippen LogP contribution in [-0.2, 0) is 6.42 Å². The molecule has 1 N–H and O–H groups in total. The zero-order chi connectivity index (χ0) is 19.7. The van der Waals surface area contributed by atoms with E-state index in [4.69, 9.17) is 4.74 Å². The molecule has 3 aromatic carbocycles. The molecule has 0 unspecified atom stereocenters. The molecule has 5 heteroatoms. The Morgan fingerprint density at radius 2 is 1.62 bits per heavy atom. The Balaban J connectivity index is 1.26. The van der Waals surface area contributed by atoms with Crippen molar-refractivity contribution in [1.29, 1.82) is 0 Å². The number of rotatable bonds is 8. The fraction of sp³-hybridized carbons (Fsp3) is 0.0833. The summed E-state index contributed by atoms with van der Waals surface area (Å²) in [6.45, 7) is 0.660. The predicted octanol–water partition coefficient (Wildman–Crippen LogP) is 5.88. The van der Waals surface area contributed by atoms with Crippen LogP contribution in [0.4, 0.5) is 5.13 Å². The van der Waals surface area contributed by atoms with Crippen LogP contribution in [0.5, 0.6) is 5.75 Å². The second-order valence-electron chi connectivity index (χ2n) is 6.43. The fourth-order valence-electron chi connectivity index (χ4n) is 2.81. The molecule has 1 aromatic heterocycles. The predicted molar refractivity (Wildman–Crippen MR) is 121 cm³/mol. The average molecular weight is 400 g/mol. The maximum Gasteiger partial charge on any atom is 0.203 e. The van der Waals surface area contributed by atoms with Crippen LogP contribution < -0.4 is 10.2 Å². The van der Waals surface area contributed by atoms with Crippen LogP contribution in [0.15, 0.2) is 95.4 Å². The first kappa shape index (κ1) is 18.9. The van der Waals surface area contributed by atoms with Gasteiger partial charge in [-0.05, 0) is 35.4 Å². The van der Waals surface area contributed by atoms with Gasteiger partial charge in [-0.15, -0.1) is 11.3 Å². The number of ether oxygens (including phenoxy) is 1. The van der Waals surface area contributed by atoms with Crippen LogP contribution in [-0.4, -0.2) is 17.8 Å². The Labute approximate surface area is 174 Å². The number of thiazole rings is 1. The van der Waals surface area contributed by atoms with Gasteiger partial charge in [-0.3, -0.25) is 5.43 Å². The summed E-state index contributed by atoms with van der Waals surface area (Å²) in [6, 6.07) is 28.4. The summed E-state index contributed by atoms with van der Waals surface area (Å²) in [6.07, 6.45) is 2.67. The van der Waals surface area contributed by atoms with E-state index in [9.17, 15) is 0 Å². The van der Waals surface area contributed by atoms with Crippen molar-refractivity contribution >= 4 is 22.7 Å². The van der Waals surface area contributed by atoms with Gasteiger partial charge in [0.2, 0.25) is 5.13 Å². The summed E-state index contributed by atoms with van der Waals surface area (Å²) < 4.78 is 5.82. The molecule has 0 radical (unpaired) electrons. The van der Waals surface area contributed by atoms with E-state index < -0.39 is 0 Å². The second kappa shape index (κ2) is 9.66. The number of hydrogen-bond acceptors (Lipinski definition) is 5. The van der Waals surface area contributed by atoms with E-state index in [0.717, 1.165) is 34.1 Å². The SMILES string of the molecule is C(=NNc1nc(-c2ccccc2)cs1)c1ccc(OCCc2ccccc2)cc1. The van der Waals surface area contributed by atoms with Gasteiger partial charge in [0.1, 0.15) is 5.75 Å². The van der Waals surface area contributed by atoms with Gasteiger partial charge < -0.3 is 4.74 Å². The molecule has 0 atom stereocenters. The zero-order valence-corrected chi connectivity index (χ0v) is 16.7. The van der Waals surface area contributed by atoms with Gasteiger partial charge in [-0.25, -0.2) is 4.98 Å². The summed E-state index contributed by atoms with van der Waals surface area (Å²) in [5.41, 5.74) is 7.32. The van der Waals surface area contributed by atoms with E-state index in [-0.39, 0.29) is 0 Å². The highest BCUT2D eigenvalue weighted by Crippen LogP contribution is 2.24. The van der Waals surface area contributed by atoms with Crippen molar-refractivity contribution in [1.82, 2.24) is 4.98 Å². The molecule has 0 spiro atoms. The number of nitrogens with zero attached hydrogens (tertiary/aromatic N) is 2. The van der Waals surface area contributed by atoms with Gasteiger partial charge in [0.05, 0.1) is 18.5 Å². The molecule has 0 saturated carbocycles. The van der Waals surface area contributed by atoms with Crippen molar-refractivity contribution in [2.45, 2.75) is 6.42 Å². The lowest BCUT2D eigenvalue weighted by Gasteiger charge is -2.06. The molecule has 0 bridgehead atoms. The number of anilines is 1. The molecule has 144 valence electrons. The Morgan fingerprint density at radius 3 is 2.38 bits per heavy atom. The number of benzene rings is 3. The van der Waals surface area contributed by atoms with E-state index in [1.54, 1.807) is 6.21 Å². The number of aromatic nitrogens is 1. The van der Waals surface area contributed by atoms with Crippen LogP contribution in [0.1, 0.15) is 11.1 Å². The van der Waals surface area contributed by atoms with Crippen molar-refractivity contribution in [3.8, 4) is 17.0 Å². The number of hydrazone groups is 1. The van der Waals surface area contributed by atoms with Gasteiger partial charge in [-0.1, -0.05) is 60.7 Å². The largest absolute Gasteiger partial charge is 0.493 e. The molecular weight excluding hydrogens is 378 g/mol. The fourth-order valence-corrected chi connectivity index (χ4v) is 3.48. The summed E-state index contributed by atoms with van der Waals surface area (Å²) in [5.74, 6) is 0.860. The lowest BCUT2D eigenvalue weighted by Crippen LogP contribution is -2.01. The Kier molecular flexibility index (Phi) is 6.30. The van der Waals surface area contributed by atoms with Gasteiger partial charge in [0, 0.05) is 17.4 Å². The molecule has 0 saturated heterocycles. The molecule has 0 aliphatic carbocycles. The topological polar surface area (TPSA) is 46.5 Å². The van der Waals surface area contributed by atoms with Crippen LogP contribution in [0.3, 0.4) is 0 Å². The molecule has 4 aromatic rings. The summed E-state index contributed by atoms with van der Waals surface area (Å²) in [5, 5.41) is 7.07. The zero-order valence-electron chi connectivity index (χ0n) is 15.9. The lowest BCUT2D eigenvalue weighted by molar-refractivity contribution is 0.322. The third-order valence-corrected chi connectivity index (χ3v) is 5.08. The molecule has 0 aliphatic rings. The van der Waals surface area contributed by atoms with Crippen LogP contribution in [0.2, 0.25) is 0 Å². The van der Waals surface area contributed by atoms with Crippen molar-refractivity contribution in [3.63, 3.8) is 0 Å². The highest BCUT2D eigenvalue weighted by Gasteiger charge is 2.02. The maximum absolute atomic E-state index is 5.82. The standard InChI is InChI=1S/C24H21N3OS/c1-3-7-19(8-4-1)15-16-28-22-13-11-20(12-14-22)17-25-27-24-26-23(18-29-24)21-9-5-2-6-10-21/h1-14,17-18H,15-16H2,(H,26,27). The average Bonchev–Trinajstić information content (AvgIpc) is 3.25. The number of hydrogen-bond donors (Lipinski definition) is 1. The van der Waals surface area contributed by atoms with Crippen LogP contribution >= 0.6 is 11.3 Å². The van der Waals surface area contributed by atoms with E-state index in [0.29, 0.717) is 6.61 Å². The normalized spacial score (nSPS) is 10.9. The minimum atomic E-state index is 0.660. The van der Waals surface area contributed by atoms with Crippen LogP contribution in [0, 0.1) is 0 Å². The van der Waals surface area contributed by atoms with Crippen molar-refractivity contribution in [2.75, 3.05) is 12.0 Å². The Bertz CT molecular complexity index is 1040.